The summed E-state index contributed by atoms with van der Waals surface area (Å²) < 4.78 is 16.1. The van der Waals surface area contributed by atoms with Gasteiger partial charge >= 0.3 is 0 Å². The van der Waals surface area contributed by atoms with E-state index in [1.54, 1.807) is 26.0 Å². The van der Waals surface area contributed by atoms with Crippen molar-refractivity contribution in [3.05, 3.63) is 42.5 Å². The second kappa shape index (κ2) is 7.40. The summed E-state index contributed by atoms with van der Waals surface area (Å²) in [6, 6.07) is 13.6. The maximum atomic E-state index is 5.48. The number of ether oxygens (including phenoxy) is 2. The molecule has 0 aliphatic rings. The molecule has 1 heterocycles. The van der Waals surface area contributed by atoms with Crippen LogP contribution in [0, 0.1) is 0 Å². The Kier molecular flexibility index (Phi) is 5.05. The first kappa shape index (κ1) is 16.4. The predicted molar refractivity (Wildman–Crippen MR) is 94.7 cm³/mol. The Hall–Kier alpha value is -2.47. The van der Waals surface area contributed by atoms with Gasteiger partial charge in [-0.3, -0.25) is 0 Å². The van der Waals surface area contributed by atoms with Crippen LogP contribution in [0.4, 0.5) is 0 Å². The van der Waals surface area contributed by atoms with Gasteiger partial charge in [-0.1, -0.05) is 24.2 Å². The van der Waals surface area contributed by atoms with Gasteiger partial charge in [-0.2, -0.15) is 4.98 Å². The van der Waals surface area contributed by atoms with E-state index in [0.29, 0.717) is 23.2 Å². The number of benzene rings is 2. The van der Waals surface area contributed by atoms with Gasteiger partial charge in [0.15, 0.2) is 11.5 Å². The number of nitrogens with zero attached hydrogens (tertiary/aromatic N) is 2. The molecule has 0 unspecified atom stereocenters. The van der Waals surface area contributed by atoms with Crippen LogP contribution in [-0.4, -0.2) is 30.1 Å². The Labute approximate surface area is 145 Å². The van der Waals surface area contributed by atoms with Crippen LogP contribution in [0.15, 0.2) is 51.9 Å². The summed E-state index contributed by atoms with van der Waals surface area (Å²) in [5.41, 5.74) is 1.76. The lowest BCUT2D eigenvalue weighted by molar-refractivity contribution is 0.355. The highest BCUT2D eigenvalue weighted by atomic mass is 32.2. The monoisotopic (exact) mass is 342 g/mol. The summed E-state index contributed by atoms with van der Waals surface area (Å²) in [5.74, 6) is 3.30. The van der Waals surface area contributed by atoms with Crippen molar-refractivity contribution in [2.24, 2.45) is 0 Å². The second-order valence-electron chi connectivity index (χ2n) is 4.92. The average Bonchev–Trinajstić information content (AvgIpc) is 3.12. The van der Waals surface area contributed by atoms with Crippen LogP contribution >= 0.6 is 11.8 Å². The van der Waals surface area contributed by atoms with Gasteiger partial charge in [0.25, 0.3) is 5.89 Å². The van der Waals surface area contributed by atoms with Crippen molar-refractivity contribution < 1.29 is 14.0 Å². The molecular formula is C18H18N2O3S. The fourth-order valence-corrected chi connectivity index (χ4v) is 3.15. The Bertz CT molecular complexity index is 833. The molecule has 0 radical (unpaired) electrons. The van der Waals surface area contributed by atoms with Crippen LogP contribution in [0.1, 0.15) is 6.92 Å². The van der Waals surface area contributed by atoms with Crippen molar-refractivity contribution in [1.82, 2.24) is 10.1 Å². The van der Waals surface area contributed by atoms with Crippen molar-refractivity contribution in [2.75, 3.05) is 20.0 Å². The lowest BCUT2D eigenvalue weighted by Crippen LogP contribution is -1.91. The zero-order chi connectivity index (χ0) is 16.9. The normalized spacial score (nSPS) is 10.6. The second-order valence-corrected chi connectivity index (χ2v) is 6.23. The highest BCUT2D eigenvalue weighted by molar-refractivity contribution is 7.99. The summed E-state index contributed by atoms with van der Waals surface area (Å²) in [4.78, 5) is 5.66. The molecule has 0 atom stereocenters. The number of hydrogen-bond acceptors (Lipinski definition) is 6. The van der Waals surface area contributed by atoms with Gasteiger partial charge < -0.3 is 14.0 Å². The van der Waals surface area contributed by atoms with E-state index in [0.717, 1.165) is 21.8 Å². The van der Waals surface area contributed by atoms with E-state index in [2.05, 4.69) is 23.1 Å². The molecule has 0 bridgehead atoms. The molecule has 124 valence electrons. The molecule has 24 heavy (non-hydrogen) atoms. The largest absolute Gasteiger partial charge is 0.493 e. The summed E-state index contributed by atoms with van der Waals surface area (Å²) in [5, 5.41) is 4.10. The van der Waals surface area contributed by atoms with Crippen LogP contribution < -0.4 is 9.47 Å². The minimum absolute atomic E-state index is 0.510. The molecule has 3 aromatic rings. The lowest BCUT2D eigenvalue weighted by atomic mass is 10.2. The van der Waals surface area contributed by atoms with Crippen LogP contribution in [0.25, 0.3) is 22.8 Å². The third kappa shape index (κ3) is 3.23. The van der Waals surface area contributed by atoms with Crippen molar-refractivity contribution in [1.29, 1.82) is 0 Å². The highest BCUT2D eigenvalue weighted by Crippen LogP contribution is 2.34. The molecule has 0 amide bonds. The maximum Gasteiger partial charge on any atom is 0.259 e. The Morgan fingerprint density at radius 3 is 2.58 bits per heavy atom. The van der Waals surface area contributed by atoms with Crippen LogP contribution in [0.5, 0.6) is 11.5 Å². The third-order valence-corrected chi connectivity index (χ3v) is 4.44. The topological polar surface area (TPSA) is 57.4 Å². The van der Waals surface area contributed by atoms with Gasteiger partial charge in [0.05, 0.1) is 19.8 Å². The first-order chi connectivity index (χ1) is 11.8. The number of hydrogen-bond donors (Lipinski definition) is 0. The molecule has 0 aliphatic carbocycles. The molecule has 0 saturated heterocycles. The van der Waals surface area contributed by atoms with Crippen molar-refractivity contribution in [3.63, 3.8) is 0 Å². The minimum atomic E-state index is 0.510. The number of thioether (sulfide) groups is 1. The van der Waals surface area contributed by atoms with Gasteiger partial charge in [0, 0.05) is 10.5 Å². The Balaban J connectivity index is 1.97. The Morgan fingerprint density at radius 2 is 1.83 bits per heavy atom. The fraction of sp³-hybridized carbons (Fsp3) is 0.222. The average molecular weight is 342 g/mol. The quantitative estimate of drug-likeness (QED) is 0.613. The highest BCUT2D eigenvalue weighted by Gasteiger charge is 2.15. The molecule has 0 aliphatic heterocycles. The van der Waals surface area contributed by atoms with E-state index in [9.17, 15) is 0 Å². The van der Waals surface area contributed by atoms with E-state index in [1.165, 1.54) is 0 Å². The number of rotatable bonds is 6. The van der Waals surface area contributed by atoms with Gasteiger partial charge in [-0.05, 0) is 36.1 Å². The van der Waals surface area contributed by atoms with Crippen molar-refractivity contribution in [2.45, 2.75) is 11.8 Å². The number of aromatic nitrogens is 2. The lowest BCUT2D eigenvalue weighted by Gasteiger charge is -2.07. The molecule has 6 heteroatoms. The third-order valence-electron chi connectivity index (χ3n) is 3.49. The standard InChI is InChI=1S/C18H18N2O3S/c1-4-24-16-8-6-5-7-13(16)18-19-17(20-23-18)12-9-10-14(21-2)15(11-12)22-3/h5-11H,4H2,1-3H3. The van der Waals surface area contributed by atoms with E-state index in [1.807, 2.05) is 36.4 Å². The molecule has 0 saturated carbocycles. The molecule has 5 nitrogen and oxygen atoms in total. The first-order valence-electron chi connectivity index (χ1n) is 7.55. The molecule has 1 aromatic heterocycles. The smallest absolute Gasteiger partial charge is 0.259 e. The Morgan fingerprint density at radius 1 is 1.04 bits per heavy atom. The predicted octanol–water partition coefficient (Wildman–Crippen LogP) is 4.53. The van der Waals surface area contributed by atoms with Crippen LogP contribution in [-0.2, 0) is 0 Å². The fourth-order valence-electron chi connectivity index (χ4n) is 2.35. The first-order valence-corrected chi connectivity index (χ1v) is 8.53. The summed E-state index contributed by atoms with van der Waals surface area (Å²) in [6.07, 6.45) is 0. The summed E-state index contributed by atoms with van der Waals surface area (Å²) in [6.45, 7) is 2.12. The maximum absolute atomic E-state index is 5.48. The van der Waals surface area contributed by atoms with E-state index in [4.69, 9.17) is 14.0 Å². The molecule has 3 rings (SSSR count). The zero-order valence-corrected chi connectivity index (χ0v) is 14.6. The van der Waals surface area contributed by atoms with E-state index >= 15 is 0 Å². The number of methoxy groups -OCH3 is 2. The molecular weight excluding hydrogens is 324 g/mol. The molecule has 0 spiro atoms. The van der Waals surface area contributed by atoms with Crippen molar-refractivity contribution in [3.8, 4) is 34.3 Å². The summed E-state index contributed by atoms with van der Waals surface area (Å²) >= 11 is 1.75. The molecule has 0 N–H and O–H groups in total. The van der Waals surface area contributed by atoms with Gasteiger partial charge in [0.2, 0.25) is 5.82 Å². The van der Waals surface area contributed by atoms with Crippen LogP contribution in [0.2, 0.25) is 0 Å². The summed E-state index contributed by atoms with van der Waals surface area (Å²) in [7, 11) is 3.20. The minimum Gasteiger partial charge on any atom is -0.493 e. The molecule has 0 fully saturated rings. The van der Waals surface area contributed by atoms with Crippen molar-refractivity contribution >= 4 is 11.8 Å². The SMILES string of the molecule is CCSc1ccccc1-c1nc(-c2ccc(OC)c(OC)c2)no1. The van der Waals surface area contributed by atoms with Gasteiger partial charge in [-0.25, -0.2) is 0 Å². The zero-order valence-electron chi connectivity index (χ0n) is 13.8. The van der Waals surface area contributed by atoms with E-state index < -0.39 is 0 Å². The van der Waals surface area contributed by atoms with E-state index in [-0.39, 0.29) is 0 Å². The molecule has 2 aromatic carbocycles. The van der Waals surface area contributed by atoms with Crippen LogP contribution in [0.3, 0.4) is 0 Å². The van der Waals surface area contributed by atoms with Gasteiger partial charge in [-0.15, -0.1) is 11.8 Å². The van der Waals surface area contributed by atoms with Gasteiger partial charge in [0.1, 0.15) is 0 Å².